The summed E-state index contributed by atoms with van der Waals surface area (Å²) in [4.78, 5) is 0. The quantitative estimate of drug-likeness (QED) is 0.231. The van der Waals surface area contributed by atoms with E-state index in [1.807, 2.05) is 6.07 Å². The Morgan fingerprint density at radius 2 is 1.19 bits per heavy atom. The van der Waals surface area contributed by atoms with Gasteiger partial charge in [-0.2, -0.15) is 0 Å². The van der Waals surface area contributed by atoms with E-state index in [9.17, 15) is 0 Å². The maximum absolute atomic E-state index is 6.88. The van der Waals surface area contributed by atoms with Crippen molar-refractivity contribution in [3.05, 3.63) is 144 Å². The molecule has 1 aliphatic carbocycles. The number of hydrogen-bond acceptors (Lipinski definition) is 2. The van der Waals surface area contributed by atoms with Crippen LogP contribution in [0.3, 0.4) is 0 Å². The highest BCUT2D eigenvalue weighted by atomic mass is 35.5. The summed E-state index contributed by atoms with van der Waals surface area (Å²) in [6.45, 7) is 4.59. The van der Waals surface area contributed by atoms with Gasteiger partial charge in [-0.3, -0.25) is 0 Å². The molecule has 0 bridgehead atoms. The van der Waals surface area contributed by atoms with Crippen LogP contribution in [0.15, 0.2) is 132 Å². The number of hydrogen-bond donors (Lipinski definition) is 1. The molecule has 8 rings (SSSR count). The smallest absolute Gasteiger partial charge is 0.137 e. The maximum Gasteiger partial charge on any atom is 0.137 e. The Morgan fingerprint density at radius 1 is 0.524 bits per heavy atom. The molecule has 1 heterocycles. The Balaban J connectivity index is 1.08. The van der Waals surface area contributed by atoms with Crippen molar-refractivity contribution < 1.29 is 4.42 Å². The molecule has 1 aromatic heterocycles. The lowest BCUT2D eigenvalue weighted by Crippen LogP contribution is -2.14. The fraction of sp³-hybridized carbons (Fsp3) is 0.0769. The summed E-state index contributed by atoms with van der Waals surface area (Å²) in [5.74, 6) is 0. The van der Waals surface area contributed by atoms with Gasteiger partial charge in [0.1, 0.15) is 11.2 Å². The second-order valence-corrected chi connectivity index (χ2v) is 12.0. The average molecular weight is 562 g/mol. The maximum atomic E-state index is 6.88. The molecule has 2 nitrogen and oxygen atoms in total. The molecule has 0 unspecified atom stereocenters. The third kappa shape index (κ3) is 3.94. The van der Waals surface area contributed by atoms with Crippen LogP contribution >= 0.6 is 11.6 Å². The van der Waals surface area contributed by atoms with Gasteiger partial charge in [-0.1, -0.05) is 98.2 Å². The number of fused-ring (bicyclic) bond motifs is 6. The normalized spacial score (nSPS) is 13.3. The predicted molar refractivity (Wildman–Crippen MR) is 177 cm³/mol. The van der Waals surface area contributed by atoms with Crippen LogP contribution in [0.2, 0.25) is 5.02 Å². The Kier molecular flexibility index (Phi) is 5.57. The van der Waals surface area contributed by atoms with Crippen LogP contribution in [0.5, 0.6) is 0 Å². The second-order valence-electron chi connectivity index (χ2n) is 11.6. The number of nitrogens with one attached hydrogen (secondary N) is 1. The minimum atomic E-state index is -0.0643. The zero-order valence-corrected chi connectivity index (χ0v) is 24.2. The zero-order valence-electron chi connectivity index (χ0n) is 23.4. The van der Waals surface area contributed by atoms with Gasteiger partial charge < -0.3 is 9.73 Å². The van der Waals surface area contributed by atoms with Crippen molar-refractivity contribution >= 4 is 44.9 Å². The van der Waals surface area contributed by atoms with Crippen LogP contribution in [0.25, 0.3) is 55.3 Å². The SMILES string of the molecule is CC1(C)c2ccccc2-c2cc(Cl)c(-c3ccc(Nc4ccc5c(c4)oc4cc(-c6ccccc6)ccc45)cc3)cc21. The molecule has 3 heteroatoms. The van der Waals surface area contributed by atoms with Crippen LogP contribution in [0, 0.1) is 0 Å². The van der Waals surface area contributed by atoms with E-state index >= 15 is 0 Å². The minimum absolute atomic E-state index is 0.0643. The third-order valence-electron chi connectivity index (χ3n) is 8.74. The van der Waals surface area contributed by atoms with E-state index in [1.54, 1.807) is 0 Å². The molecule has 202 valence electrons. The second kappa shape index (κ2) is 9.37. The van der Waals surface area contributed by atoms with Crippen LogP contribution in [-0.2, 0) is 5.41 Å². The first-order valence-corrected chi connectivity index (χ1v) is 14.7. The summed E-state index contributed by atoms with van der Waals surface area (Å²) in [5, 5.41) is 6.55. The van der Waals surface area contributed by atoms with E-state index in [0.29, 0.717) is 0 Å². The monoisotopic (exact) mass is 561 g/mol. The van der Waals surface area contributed by atoms with Gasteiger partial charge in [0, 0.05) is 44.2 Å². The molecule has 0 amide bonds. The molecular formula is C39H28ClNO. The largest absolute Gasteiger partial charge is 0.456 e. The molecule has 7 aromatic rings. The van der Waals surface area contributed by atoms with E-state index in [-0.39, 0.29) is 5.41 Å². The summed E-state index contributed by atoms with van der Waals surface area (Å²) in [6.07, 6.45) is 0. The number of anilines is 2. The Hall–Kier alpha value is -4.79. The molecule has 0 aliphatic heterocycles. The molecule has 0 fully saturated rings. The van der Waals surface area contributed by atoms with Crippen molar-refractivity contribution in [1.82, 2.24) is 0 Å². The molecule has 1 aliphatic rings. The fourth-order valence-corrected chi connectivity index (χ4v) is 6.78. The van der Waals surface area contributed by atoms with Gasteiger partial charge in [-0.25, -0.2) is 0 Å². The summed E-state index contributed by atoms with van der Waals surface area (Å²) >= 11 is 6.88. The van der Waals surface area contributed by atoms with Gasteiger partial charge >= 0.3 is 0 Å². The van der Waals surface area contributed by atoms with Gasteiger partial charge in [0.25, 0.3) is 0 Å². The first kappa shape index (κ1) is 25.0. The Bertz CT molecular complexity index is 2140. The molecule has 0 saturated carbocycles. The fourth-order valence-electron chi connectivity index (χ4n) is 6.51. The van der Waals surface area contributed by atoms with E-state index in [4.69, 9.17) is 16.0 Å². The van der Waals surface area contributed by atoms with Crippen molar-refractivity contribution in [3.8, 4) is 33.4 Å². The van der Waals surface area contributed by atoms with Gasteiger partial charge in [-0.15, -0.1) is 0 Å². The molecule has 6 aromatic carbocycles. The summed E-state index contributed by atoms with van der Waals surface area (Å²) < 4.78 is 6.31. The van der Waals surface area contributed by atoms with Crippen LogP contribution in [0.4, 0.5) is 11.4 Å². The molecular weight excluding hydrogens is 534 g/mol. The van der Waals surface area contributed by atoms with Crippen molar-refractivity contribution in [2.24, 2.45) is 0 Å². The number of rotatable bonds is 4. The highest BCUT2D eigenvalue weighted by molar-refractivity contribution is 6.33. The highest BCUT2D eigenvalue weighted by Crippen LogP contribution is 2.51. The molecule has 0 saturated heterocycles. The molecule has 0 radical (unpaired) electrons. The summed E-state index contributed by atoms with van der Waals surface area (Å²) in [5.41, 5.74) is 13.4. The lowest BCUT2D eigenvalue weighted by molar-refractivity contribution is 0.660. The standard InChI is InChI=1S/C39H28ClNO/c1-39(2)34-11-7-6-10-29(34)33-23-36(40)32(22-35(33)39)25-12-15-27(16-13-25)41-28-17-19-31-30-18-14-26(24-8-4-3-5-9-24)20-37(30)42-38(31)21-28/h3-23,41H,1-2H3. The van der Waals surface area contributed by atoms with Crippen LogP contribution in [0.1, 0.15) is 25.0 Å². The summed E-state index contributed by atoms with van der Waals surface area (Å²) in [7, 11) is 0. The predicted octanol–water partition coefficient (Wildman–Crippen LogP) is 11.6. The topological polar surface area (TPSA) is 25.2 Å². The Morgan fingerprint density at radius 3 is 2.00 bits per heavy atom. The molecule has 42 heavy (non-hydrogen) atoms. The molecule has 0 spiro atoms. The lowest BCUT2D eigenvalue weighted by atomic mass is 9.81. The first-order chi connectivity index (χ1) is 20.5. The van der Waals surface area contributed by atoms with Crippen LogP contribution in [-0.4, -0.2) is 0 Å². The van der Waals surface area contributed by atoms with Crippen molar-refractivity contribution in [2.75, 3.05) is 5.32 Å². The van der Waals surface area contributed by atoms with E-state index < -0.39 is 0 Å². The van der Waals surface area contributed by atoms with Crippen LogP contribution < -0.4 is 5.32 Å². The van der Waals surface area contributed by atoms with Gasteiger partial charge in [0.15, 0.2) is 0 Å². The van der Waals surface area contributed by atoms with E-state index in [1.165, 1.54) is 27.8 Å². The van der Waals surface area contributed by atoms with Crippen molar-refractivity contribution in [3.63, 3.8) is 0 Å². The highest BCUT2D eigenvalue weighted by Gasteiger charge is 2.35. The zero-order chi connectivity index (χ0) is 28.4. The number of furan rings is 1. The molecule has 1 N–H and O–H groups in total. The van der Waals surface area contributed by atoms with E-state index in [2.05, 4.69) is 140 Å². The minimum Gasteiger partial charge on any atom is -0.456 e. The number of benzene rings is 6. The average Bonchev–Trinajstić information content (AvgIpc) is 3.48. The molecule has 0 atom stereocenters. The van der Waals surface area contributed by atoms with Gasteiger partial charge in [-0.05, 0) is 87.5 Å². The number of halogens is 1. The summed E-state index contributed by atoms with van der Waals surface area (Å²) in [6, 6.07) is 44.7. The van der Waals surface area contributed by atoms with Gasteiger partial charge in [0.2, 0.25) is 0 Å². The van der Waals surface area contributed by atoms with Gasteiger partial charge in [0.05, 0.1) is 0 Å². The van der Waals surface area contributed by atoms with Crippen molar-refractivity contribution in [1.29, 1.82) is 0 Å². The first-order valence-electron chi connectivity index (χ1n) is 14.3. The third-order valence-corrected chi connectivity index (χ3v) is 9.05. The lowest BCUT2D eigenvalue weighted by Gasteiger charge is -2.22. The van der Waals surface area contributed by atoms with Crippen molar-refractivity contribution in [2.45, 2.75) is 19.3 Å². The van der Waals surface area contributed by atoms with E-state index in [0.717, 1.165) is 55.0 Å². The Labute approximate surface area is 250 Å².